The number of halogens is 1. The molecular formula is C6H10FNO3. The van der Waals surface area contributed by atoms with Crippen LogP contribution >= 0.6 is 0 Å². The maximum atomic E-state index is 12.9. The predicted molar refractivity (Wildman–Crippen MR) is 34.9 cm³/mol. The molecule has 1 rings (SSSR count). The number of rotatable bonds is 1. The molecule has 0 aromatic heterocycles. The van der Waals surface area contributed by atoms with E-state index < -0.39 is 17.7 Å². The summed E-state index contributed by atoms with van der Waals surface area (Å²) in [6.45, 7) is -0.00792. The fourth-order valence-electron chi connectivity index (χ4n) is 0.974. The van der Waals surface area contributed by atoms with Crippen LogP contribution in [-0.2, 0) is 9.53 Å². The number of nitrogens with two attached hydrogens (primary N) is 1. The van der Waals surface area contributed by atoms with Gasteiger partial charge in [0.2, 0.25) is 0 Å². The number of carbonyl (C=O) groups is 1. The van der Waals surface area contributed by atoms with Crippen LogP contribution in [-0.4, -0.2) is 36.0 Å². The number of carboxylic acid groups (broad SMARTS) is 1. The van der Waals surface area contributed by atoms with Crippen molar-refractivity contribution in [3.05, 3.63) is 0 Å². The van der Waals surface area contributed by atoms with Gasteiger partial charge in [0.25, 0.3) is 0 Å². The Kier molecular flexibility index (Phi) is 2.10. The monoisotopic (exact) mass is 163 g/mol. The van der Waals surface area contributed by atoms with Crippen molar-refractivity contribution < 1.29 is 19.0 Å². The number of ether oxygens (including phenoxy) is 1. The molecule has 64 valence electrons. The third-order valence-corrected chi connectivity index (χ3v) is 1.88. The molecule has 0 unspecified atom stereocenters. The average molecular weight is 163 g/mol. The smallest absolute Gasteiger partial charge is 0.326 e. The van der Waals surface area contributed by atoms with E-state index in [4.69, 9.17) is 15.6 Å². The standard InChI is InChI=1S/C6H10FNO3/c7-4-3-11-2-1-6(4,8)5(9)10/h4H,1-3,8H2,(H,9,10)/t4-,6-/m1/s1. The van der Waals surface area contributed by atoms with Gasteiger partial charge >= 0.3 is 5.97 Å². The van der Waals surface area contributed by atoms with E-state index in [0.29, 0.717) is 0 Å². The molecule has 0 saturated carbocycles. The molecule has 0 amide bonds. The minimum absolute atomic E-state index is 0.0312. The Morgan fingerprint density at radius 2 is 2.45 bits per heavy atom. The zero-order valence-electron chi connectivity index (χ0n) is 5.92. The van der Waals surface area contributed by atoms with Gasteiger partial charge in [-0.2, -0.15) is 0 Å². The van der Waals surface area contributed by atoms with Crippen LogP contribution in [0.1, 0.15) is 6.42 Å². The van der Waals surface area contributed by atoms with Crippen molar-refractivity contribution in [2.24, 2.45) is 5.73 Å². The molecule has 1 fully saturated rings. The SMILES string of the molecule is N[C@]1(C(=O)O)CCOC[C@H]1F. The lowest BCUT2D eigenvalue weighted by Gasteiger charge is -2.32. The van der Waals surface area contributed by atoms with Gasteiger partial charge in [-0.3, -0.25) is 4.79 Å². The molecule has 0 aromatic carbocycles. The molecule has 5 heteroatoms. The van der Waals surface area contributed by atoms with Crippen molar-refractivity contribution in [1.29, 1.82) is 0 Å². The fraction of sp³-hybridized carbons (Fsp3) is 0.833. The summed E-state index contributed by atoms with van der Waals surface area (Å²) in [6, 6.07) is 0. The number of carboxylic acids is 1. The number of alkyl halides is 1. The zero-order valence-corrected chi connectivity index (χ0v) is 5.92. The summed E-state index contributed by atoms with van der Waals surface area (Å²) in [5, 5.41) is 8.55. The van der Waals surface area contributed by atoms with Crippen molar-refractivity contribution in [1.82, 2.24) is 0 Å². The van der Waals surface area contributed by atoms with Crippen LogP contribution in [0, 0.1) is 0 Å². The minimum Gasteiger partial charge on any atom is -0.480 e. The van der Waals surface area contributed by atoms with E-state index in [0.717, 1.165) is 0 Å². The van der Waals surface area contributed by atoms with Gasteiger partial charge in [0, 0.05) is 13.0 Å². The molecule has 0 aromatic rings. The quantitative estimate of drug-likeness (QED) is 0.548. The van der Waals surface area contributed by atoms with Gasteiger partial charge < -0.3 is 15.6 Å². The Hall–Kier alpha value is -0.680. The molecule has 0 radical (unpaired) electrons. The van der Waals surface area contributed by atoms with Gasteiger partial charge in [0.05, 0.1) is 6.61 Å². The fourth-order valence-corrected chi connectivity index (χ4v) is 0.974. The van der Waals surface area contributed by atoms with E-state index >= 15 is 0 Å². The summed E-state index contributed by atoms with van der Waals surface area (Å²) < 4.78 is 17.6. The molecule has 0 bridgehead atoms. The molecular weight excluding hydrogens is 153 g/mol. The van der Waals surface area contributed by atoms with Gasteiger partial charge in [-0.15, -0.1) is 0 Å². The van der Waals surface area contributed by atoms with Crippen molar-refractivity contribution in [3.8, 4) is 0 Å². The predicted octanol–water partition coefficient (Wildman–Crippen LogP) is -0.473. The molecule has 0 spiro atoms. The van der Waals surface area contributed by atoms with Crippen molar-refractivity contribution in [2.75, 3.05) is 13.2 Å². The second kappa shape index (κ2) is 2.75. The van der Waals surface area contributed by atoms with Crippen LogP contribution in [0.15, 0.2) is 0 Å². The minimum atomic E-state index is -1.74. The van der Waals surface area contributed by atoms with Gasteiger partial charge in [-0.1, -0.05) is 0 Å². The van der Waals surface area contributed by atoms with E-state index in [-0.39, 0.29) is 19.6 Å². The number of hydrogen-bond donors (Lipinski definition) is 2. The van der Waals surface area contributed by atoms with Crippen molar-refractivity contribution in [2.45, 2.75) is 18.1 Å². The lowest BCUT2D eigenvalue weighted by molar-refractivity contribution is -0.151. The maximum Gasteiger partial charge on any atom is 0.326 e. The third-order valence-electron chi connectivity index (χ3n) is 1.88. The Labute approximate surface area is 63.1 Å². The average Bonchev–Trinajstić information content (AvgIpc) is 1.95. The highest BCUT2D eigenvalue weighted by Crippen LogP contribution is 2.21. The number of hydrogen-bond acceptors (Lipinski definition) is 3. The summed E-state index contributed by atoms with van der Waals surface area (Å²) in [6.07, 6.45) is -1.57. The van der Waals surface area contributed by atoms with Crippen LogP contribution in [0.5, 0.6) is 0 Å². The third kappa shape index (κ3) is 1.34. The first-order chi connectivity index (χ1) is 5.07. The van der Waals surface area contributed by atoms with Crippen LogP contribution in [0.3, 0.4) is 0 Å². The van der Waals surface area contributed by atoms with E-state index in [1.54, 1.807) is 0 Å². The summed E-state index contributed by atoms with van der Waals surface area (Å²) >= 11 is 0. The summed E-state index contributed by atoms with van der Waals surface area (Å²) in [4.78, 5) is 10.5. The Morgan fingerprint density at radius 3 is 2.82 bits per heavy atom. The first kappa shape index (κ1) is 8.42. The molecule has 1 saturated heterocycles. The number of aliphatic carboxylic acids is 1. The highest BCUT2D eigenvalue weighted by Gasteiger charge is 2.45. The normalized spacial score (nSPS) is 38.5. The van der Waals surface area contributed by atoms with Crippen LogP contribution in [0.25, 0.3) is 0 Å². The van der Waals surface area contributed by atoms with E-state index in [9.17, 15) is 9.18 Å². The second-order valence-corrected chi connectivity index (χ2v) is 2.64. The van der Waals surface area contributed by atoms with Gasteiger partial charge in [-0.25, -0.2) is 4.39 Å². The van der Waals surface area contributed by atoms with Crippen LogP contribution in [0.4, 0.5) is 4.39 Å². The molecule has 1 aliphatic rings. The first-order valence-electron chi connectivity index (χ1n) is 3.31. The van der Waals surface area contributed by atoms with Crippen molar-refractivity contribution >= 4 is 5.97 Å². The Bertz CT molecular complexity index is 175. The maximum absolute atomic E-state index is 12.9. The lowest BCUT2D eigenvalue weighted by atomic mass is 9.90. The largest absolute Gasteiger partial charge is 0.480 e. The Morgan fingerprint density at radius 1 is 1.82 bits per heavy atom. The van der Waals surface area contributed by atoms with E-state index in [1.807, 2.05) is 0 Å². The first-order valence-corrected chi connectivity index (χ1v) is 3.31. The molecule has 1 aliphatic heterocycles. The zero-order chi connectivity index (χ0) is 8.48. The molecule has 1 heterocycles. The summed E-state index contributed by atoms with van der Waals surface area (Å²) in [5.41, 5.74) is 3.55. The summed E-state index contributed by atoms with van der Waals surface area (Å²) in [5.74, 6) is -1.30. The van der Waals surface area contributed by atoms with Gasteiger partial charge in [0.15, 0.2) is 11.7 Å². The topological polar surface area (TPSA) is 72.6 Å². The highest BCUT2D eigenvalue weighted by molar-refractivity contribution is 5.79. The van der Waals surface area contributed by atoms with Crippen molar-refractivity contribution in [3.63, 3.8) is 0 Å². The van der Waals surface area contributed by atoms with Gasteiger partial charge in [-0.05, 0) is 0 Å². The molecule has 11 heavy (non-hydrogen) atoms. The highest BCUT2D eigenvalue weighted by atomic mass is 19.1. The van der Waals surface area contributed by atoms with E-state index in [1.165, 1.54) is 0 Å². The summed E-state index contributed by atoms with van der Waals surface area (Å²) in [7, 11) is 0. The van der Waals surface area contributed by atoms with E-state index in [2.05, 4.69) is 0 Å². The second-order valence-electron chi connectivity index (χ2n) is 2.64. The van der Waals surface area contributed by atoms with Gasteiger partial charge in [0.1, 0.15) is 0 Å². The lowest BCUT2D eigenvalue weighted by Crippen LogP contribution is -2.60. The van der Waals surface area contributed by atoms with Crippen LogP contribution < -0.4 is 5.73 Å². The molecule has 4 nitrogen and oxygen atoms in total. The molecule has 0 aliphatic carbocycles. The Balaban J connectivity index is 2.72. The molecule has 3 N–H and O–H groups in total. The molecule has 2 atom stereocenters. The van der Waals surface area contributed by atoms with Crippen LogP contribution in [0.2, 0.25) is 0 Å².